The summed E-state index contributed by atoms with van der Waals surface area (Å²) in [5.74, 6) is 1.09. The van der Waals surface area contributed by atoms with E-state index in [4.69, 9.17) is 9.47 Å². The molecule has 156 valence electrons. The number of hydrogen-bond acceptors (Lipinski definition) is 5. The van der Waals surface area contributed by atoms with Gasteiger partial charge in [-0.25, -0.2) is 13.1 Å². The molecule has 0 spiro atoms. The highest BCUT2D eigenvalue weighted by molar-refractivity contribution is 7.89. The van der Waals surface area contributed by atoms with E-state index < -0.39 is 10.0 Å². The Morgan fingerprint density at radius 1 is 1.07 bits per heavy atom. The van der Waals surface area contributed by atoms with Gasteiger partial charge in [-0.3, -0.25) is 4.79 Å². The number of sulfonamides is 1. The van der Waals surface area contributed by atoms with Crippen LogP contribution in [0.3, 0.4) is 0 Å². The number of nitrogens with one attached hydrogen (secondary N) is 1. The molecule has 0 bridgehead atoms. The lowest BCUT2D eigenvalue weighted by atomic mass is 9.98. The third-order valence-corrected chi connectivity index (χ3v) is 6.44. The maximum absolute atomic E-state index is 13.0. The zero-order valence-electron chi connectivity index (χ0n) is 17.1. The molecule has 0 atom stereocenters. The highest BCUT2D eigenvalue weighted by Crippen LogP contribution is 2.33. The Labute approximate surface area is 171 Å². The molecule has 3 rings (SSSR count). The normalized spacial score (nSPS) is 13.9. The number of benzene rings is 2. The smallest absolute Gasteiger partial charge is 0.254 e. The van der Waals surface area contributed by atoms with Crippen LogP contribution in [0.25, 0.3) is 0 Å². The second-order valence-corrected chi connectivity index (χ2v) is 8.97. The highest BCUT2D eigenvalue weighted by atomic mass is 32.2. The van der Waals surface area contributed by atoms with Crippen molar-refractivity contribution in [2.75, 3.05) is 20.8 Å². The molecule has 0 aromatic heterocycles. The van der Waals surface area contributed by atoms with Gasteiger partial charge in [-0.2, -0.15) is 0 Å². The number of methoxy groups -OCH3 is 2. The van der Waals surface area contributed by atoms with Gasteiger partial charge in [-0.15, -0.1) is 0 Å². The van der Waals surface area contributed by atoms with Gasteiger partial charge < -0.3 is 14.4 Å². The summed E-state index contributed by atoms with van der Waals surface area (Å²) in [7, 11) is -0.491. The fourth-order valence-corrected chi connectivity index (χ4v) is 4.71. The Bertz CT molecular complexity index is 1020. The van der Waals surface area contributed by atoms with Gasteiger partial charge in [0, 0.05) is 24.7 Å². The van der Waals surface area contributed by atoms with Crippen LogP contribution >= 0.6 is 0 Å². The number of nitrogens with zero attached hydrogens (tertiary/aromatic N) is 1. The molecule has 1 heterocycles. The zero-order chi connectivity index (χ0) is 21.2. The van der Waals surface area contributed by atoms with Crippen molar-refractivity contribution in [3.05, 3.63) is 53.1 Å². The molecular weight excluding hydrogens is 392 g/mol. The van der Waals surface area contributed by atoms with E-state index in [1.54, 1.807) is 45.1 Å². The van der Waals surface area contributed by atoms with Crippen molar-refractivity contribution in [1.29, 1.82) is 0 Å². The molecule has 1 aliphatic heterocycles. The number of carbonyl (C=O) groups is 1. The predicted molar refractivity (Wildman–Crippen MR) is 110 cm³/mol. The monoisotopic (exact) mass is 418 g/mol. The molecule has 0 aliphatic carbocycles. The van der Waals surface area contributed by atoms with E-state index in [0.717, 1.165) is 11.1 Å². The van der Waals surface area contributed by atoms with Crippen molar-refractivity contribution in [3.8, 4) is 11.5 Å². The summed E-state index contributed by atoms with van der Waals surface area (Å²) in [5, 5.41) is 0. The van der Waals surface area contributed by atoms with Crippen LogP contribution in [0.15, 0.2) is 41.3 Å². The first kappa shape index (κ1) is 21.1. The number of amides is 1. The van der Waals surface area contributed by atoms with Crippen molar-refractivity contribution >= 4 is 15.9 Å². The number of fused-ring (bicyclic) bond motifs is 1. The van der Waals surface area contributed by atoms with Crippen molar-refractivity contribution in [3.63, 3.8) is 0 Å². The molecule has 0 unspecified atom stereocenters. The lowest BCUT2D eigenvalue weighted by molar-refractivity contribution is 0.0734. The lowest BCUT2D eigenvalue weighted by Crippen LogP contribution is -2.36. The van der Waals surface area contributed by atoms with Crippen LogP contribution in [0, 0.1) is 0 Å². The van der Waals surface area contributed by atoms with E-state index in [1.807, 2.05) is 12.1 Å². The second kappa shape index (κ2) is 8.42. The van der Waals surface area contributed by atoms with Crippen molar-refractivity contribution in [2.45, 2.75) is 37.8 Å². The van der Waals surface area contributed by atoms with Gasteiger partial charge in [0.05, 0.1) is 19.1 Å². The van der Waals surface area contributed by atoms with Crippen LogP contribution in [0.4, 0.5) is 0 Å². The molecular formula is C21H26N2O5S. The van der Waals surface area contributed by atoms with Crippen molar-refractivity contribution in [2.24, 2.45) is 0 Å². The fraction of sp³-hybridized carbons (Fsp3) is 0.381. The van der Waals surface area contributed by atoms with Gasteiger partial charge in [0.25, 0.3) is 5.91 Å². The summed E-state index contributed by atoms with van der Waals surface area (Å²) in [6.45, 7) is 4.47. The predicted octanol–water partition coefficient (Wildman–Crippen LogP) is 2.59. The zero-order valence-corrected chi connectivity index (χ0v) is 17.9. The summed E-state index contributed by atoms with van der Waals surface area (Å²) >= 11 is 0. The summed E-state index contributed by atoms with van der Waals surface area (Å²) < 4.78 is 38.1. The Kier molecular flexibility index (Phi) is 6.14. The van der Waals surface area contributed by atoms with Crippen LogP contribution in [0.1, 0.15) is 35.3 Å². The Morgan fingerprint density at radius 2 is 1.72 bits per heavy atom. The van der Waals surface area contributed by atoms with Gasteiger partial charge in [0.2, 0.25) is 10.0 Å². The van der Waals surface area contributed by atoms with Crippen LogP contribution in [-0.2, 0) is 23.0 Å². The fourth-order valence-electron chi connectivity index (χ4n) is 3.41. The van der Waals surface area contributed by atoms with Crippen molar-refractivity contribution in [1.82, 2.24) is 9.62 Å². The number of hydrogen-bond donors (Lipinski definition) is 1. The van der Waals surface area contributed by atoms with Gasteiger partial charge in [-0.1, -0.05) is 6.07 Å². The minimum Gasteiger partial charge on any atom is -0.493 e. The summed E-state index contributed by atoms with van der Waals surface area (Å²) in [6.07, 6.45) is 0.689. The first-order chi connectivity index (χ1) is 13.7. The summed E-state index contributed by atoms with van der Waals surface area (Å²) in [4.78, 5) is 14.8. The molecule has 1 N–H and O–H groups in total. The molecule has 1 aliphatic rings. The van der Waals surface area contributed by atoms with Gasteiger partial charge in [-0.05, 0) is 61.7 Å². The van der Waals surface area contributed by atoms with Gasteiger partial charge in [0.15, 0.2) is 11.5 Å². The molecule has 8 heteroatoms. The third-order valence-electron chi connectivity index (χ3n) is 4.79. The first-order valence-corrected chi connectivity index (χ1v) is 10.9. The molecule has 7 nitrogen and oxygen atoms in total. The molecule has 1 amide bonds. The number of ether oxygens (including phenoxy) is 2. The Hall–Kier alpha value is -2.58. The molecule has 0 fully saturated rings. The first-order valence-electron chi connectivity index (χ1n) is 9.40. The molecule has 29 heavy (non-hydrogen) atoms. The van der Waals surface area contributed by atoms with E-state index in [0.29, 0.717) is 36.6 Å². The quantitative estimate of drug-likeness (QED) is 0.779. The minimum absolute atomic E-state index is 0.0841. The molecule has 0 radical (unpaired) electrons. The van der Waals surface area contributed by atoms with Crippen molar-refractivity contribution < 1.29 is 22.7 Å². The van der Waals surface area contributed by atoms with E-state index in [1.165, 1.54) is 12.1 Å². The topological polar surface area (TPSA) is 84.9 Å². The average molecular weight is 419 g/mol. The minimum atomic E-state index is -3.66. The SMILES string of the molecule is COc1cc2c(cc1OC)CN(C(=O)c1cccc(S(=O)(=O)NC(C)C)c1)CC2. The highest BCUT2D eigenvalue weighted by Gasteiger charge is 2.25. The molecule has 2 aromatic rings. The second-order valence-electron chi connectivity index (χ2n) is 7.26. The molecule has 0 saturated heterocycles. The van der Waals surface area contributed by atoms with E-state index >= 15 is 0 Å². The standard InChI is InChI=1S/C21H26N2O5S/c1-14(2)22-29(25,26)18-7-5-6-16(10-18)21(24)23-9-8-15-11-19(27-3)20(28-4)12-17(15)13-23/h5-7,10-12,14,22H,8-9,13H2,1-4H3. The summed E-state index contributed by atoms with van der Waals surface area (Å²) in [6, 6.07) is 9.75. The van der Waals surface area contributed by atoms with Crippen LogP contribution in [-0.4, -0.2) is 46.0 Å². The van der Waals surface area contributed by atoms with Crippen LogP contribution in [0.2, 0.25) is 0 Å². The molecule has 0 saturated carbocycles. The van der Waals surface area contributed by atoms with Gasteiger partial charge >= 0.3 is 0 Å². The third kappa shape index (κ3) is 4.54. The van der Waals surface area contributed by atoms with Crippen LogP contribution in [0.5, 0.6) is 11.5 Å². The molecule has 2 aromatic carbocycles. The Morgan fingerprint density at radius 3 is 2.34 bits per heavy atom. The largest absolute Gasteiger partial charge is 0.493 e. The number of carbonyl (C=O) groups excluding carboxylic acids is 1. The average Bonchev–Trinajstić information content (AvgIpc) is 2.70. The maximum Gasteiger partial charge on any atom is 0.254 e. The van der Waals surface area contributed by atoms with E-state index in [-0.39, 0.29) is 16.8 Å². The van der Waals surface area contributed by atoms with E-state index in [9.17, 15) is 13.2 Å². The number of rotatable bonds is 6. The van der Waals surface area contributed by atoms with Gasteiger partial charge in [0.1, 0.15) is 0 Å². The maximum atomic E-state index is 13.0. The lowest BCUT2D eigenvalue weighted by Gasteiger charge is -2.30. The Balaban J connectivity index is 1.85. The van der Waals surface area contributed by atoms with Crippen LogP contribution < -0.4 is 14.2 Å². The van der Waals surface area contributed by atoms with E-state index in [2.05, 4.69) is 4.72 Å². The summed E-state index contributed by atoms with van der Waals surface area (Å²) in [5.41, 5.74) is 2.46.